The summed E-state index contributed by atoms with van der Waals surface area (Å²) in [7, 11) is 5.04. The van der Waals surface area contributed by atoms with Crippen LogP contribution in [0.5, 0.6) is 0 Å². The Morgan fingerprint density at radius 3 is 1.89 bits per heavy atom. The molecule has 26 nitrogen and oxygen atoms in total. The zero-order valence-electron chi connectivity index (χ0n) is 56.1. The molecule has 0 radical (unpaired) electrons. The number of carbonyl (C=O) groups is 11. The van der Waals surface area contributed by atoms with E-state index in [1.54, 1.807) is 25.7 Å². The van der Waals surface area contributed by atoms with Crippen molar-refractivity contribution in [2.45, 2.75) is 219 Å². The number of aliphatic hydroxyl groups is 1. The number of aliphatic imine (C=N–C) groups is 1. The van der Waals surface area contributed by atoms with Gasteiger partial charge in [-0.2, -0.15) is 0 Å². The maximum Gasteiger partial charge on any atom is 0.305 e. The minimum absolute atomic E-state index is 0. The average Bonchev–Trinajstić information content (AvgIpc) is 1.60. The van der Waals surface area contributed by atoms with Crippen LogP contribution in [0.25, 0.3) is 0 Å². The molecule has 520 valence electrons. The van der Waals surface area contributed by atoms with E-state index in [0.717, 1.165) is 47.5 Å². The van der Waals surface area contributed by atoms with E-state index in [-0.39, 0.29) is 113 Å². The summed E-state index contributed by atoms with van der Waals surface area (Å²) in [6.45, 7) is 14.0. The molecule has 3 rings (SSSR count). The highest BCUT2D eigenvalue weighted by Crippen LogP contribution is 2.26. The van der Waals surface area contributed by atoms with Gasteiger partial charge in [0, 0.05) is 64.8 Å². The third kappa shape index (κ3) is 28.1. The number of rotatable bonds is 41. The molecule has 2 saturated heterocycles. The smallest absolute Gasteiger partial charge is 0.305 e. The molecular weight excluding hydrogens is 1210 g/mol. The van der Waals surface area contributed by atoms with E-state index in [2.05, 4.69) is 38.5 Å². The largest absolute Gasteiger partial charge is 0.481 e. The SMILES string of the molecule is CCCCCCCC(=O)N1CCC[C@H](C(=O)N[C@@H](Cc2ccccc2)C(=O)N[C@H](CCCN(C)C)C(=O)N[C@@H](CC(C)C)C(=O)N2C[C@H](O)C[C@H]2C(=O)N(C)[C@@H](CC(C)C)C(=O)N[C@@H](CC(=O)O)C(=O)N[C@@H](CCCN=C(N)N)C(=O)C[C@H](C(N)=O)[C@@H](C)CC)C1.Cl. The monoisotopic (exact) mass is 1320 g/mol. The van der Waals surface area contributed by atoms with Crippen molar-refractivity contribution in [3.8, 4) is 0 Å². The van der Waals surface area contributed by atoms with Gasteiger partial charge in [0.15, 0.2) is 11.7 Å². The number of likely N-dealkylation sites (tertiary alicyclic amines) is 2. The van der Waals surface area contributed by atoms with Crippen molar-refractivity contribution in [2.75, 3.05) is 53.9 Å². The highest BCUT2D eigenvalue weighted by atomic mass is 35.5. The Labute approximate surface area is 550 Å². The number of aliphatic hydroxyl groups excluding tert-OH is 1. The summed E-state index contributed by atoms with van der Waals surface area (Å²) in [6.07, 6.45) is 5.14. The molecule has 0 bridgehead atoms. The molecule has 27 heteroatoms. The van der Waals surface area contributed by atoms with Crippen LogP contribution in [0.1, 0.15) is 170 Å². The summed E-state index contributed by atoms with van der Waals surface area (Å²) in [5.41, 5.74) is 17.4. The van der Waals surface area contributed by atoms with E-state index < -0.39 is 126 Å². The van der Waals surface area contributed by atoms with Crippen LogP contribution in [0, 0.1) is 29.6 Å². The first-order chi connectivity index (χ1) is 43.0. The number of Topliss-reactive ketones (excluding diaryl/α,β-unsaturated/α-hetero) is 1. The van der Waals surface area contributed by atoms with Crippen LogP contribution in [-0.2, 0) is 59.2 Å². The summed E-state index contributed by atoms with van der Waals surface area (Å²) in [6, 6.07) is -0.351. The summed E-state index contributed by atoms with van der Waals surface area (Å²) in [5, 5.41) is 35.0. The number of β-amino-alcohol motifs (C(OH)–C–C–N with tert-alkyl or cyclic N) is 1. The average molecular weight is 1320 g/mol. The first-order valence-electron chi connectivity index (χ1n) is 32.8. The van der Waals surface area contributed by atoms with Crippen LogP contribution in [0.4, 0.5) is 0 Å². The van der Waals surface area contributed by atoms with E-state index in [0.29, 0.717) is 45.2 Å². The zero-order valence-corrected chi connectivity index (χ0v) is 56.9. The Kier molecular flexibility index (Phi) is 36.7. The van der Waals surface area contributed by atoms with E-state index >= 15 is 0 Å². The van der Waals surface area contributed by atoms with Gasteiger partial charge < -0.3 is 73.6 Å². The summed E-state index contributed by atoms with van der Waals surface area (Å²) >= 11 is 0. The summed E-state index contributed by atoms with van der Waals surface area (Å²) < 4.78 is 0. The van der Waals surface area contributed by atoms with Crippen LogP contribution in [0.3, 0.4) is 0 Å². The number of piperidine rings is 1. The number of carboxylic acid groups (broad SMARTS) is 1. The number of carboxylic acids is 1. The number of aliphatic carboxylic acids is 1. The second kappa shape index (κ2) is 41.6. The molecule has 0 saturated carbocycles. The number of amides is 9. The van der Waals surface area contributed by atoms with Gasteiger partial charge >= 0.3 is 5.97 Å². The van der Waals surface area contributed by atoms with Gasteiger partial charge in [-0.3, -0.25) is 57.7 Å². The fraction of sp³-hybridized carbons (Fsp3) is 0.723. The Morgan fingerprint density at radius 1 is 0.696 bits per heavy atom. The van der Waals surface area contributed by atoms with Gasteiger partial charge in [0.1, 0.15) is 36.3 Å². The van der Waals surface area contributed by atoms with Crippen molar-refractivity contribution in [1.82, 2.24) is 46.2 Å². The maximum atomic E-state index is 15.0. The molecule has 2 fully saturated rings. The van der Waals surface area contributed by atoms with Gasteiger partial charge in [-0.25, -0.2) is 0 Å². The predicted octanol–water partition coefficient (Wildman–Crippen LogP) is 2.53. The lowest BCUT2D eigenvalue weighted by atomic mass is 9.85. The minimum atomic E-state index is -1.78. The second-order valence-electron chi connectivity index (χ2n) is 26.0. The zero-order chi connectivity index (χ0) is 68.1. The third-order valence-electron chi connectivity index (χ3n) is 17.0. The van der Waals surface area contributed by atoms with Crippen LogP contribution in [-0.4, -0.2) is 203 Å². The second-order valence-corrected chi connectivity index (χ2v) is 26.0. The standard InChI is InChI=1S/C65H109N13O13.ClH/c1-11-13-14-15-19-28-55(81)77-31-21-25-44(38-77)58(85)72-49(34-43-23-17-16-18-24-43)60(87)71-48(27-22-30-75(8)9)59(86)74-51(32-40(3)4)63(90)78-39-45(79)35-53(78)64(91)76(10)52(33-41(5)6)62(89)73-50(37-56(82)83)61(88)70-47(26-20-29-69-65(67)68)54(80)36-46(57(66)84)42(7)12-2;/h16-18,23-24,40-42,44-53,79H,11-15,19-22,25-39H2,1-10H3,(H2,66,84)(H,70,88)(H,71,87)(H,72,85)(H,73,89)(H,74,86)(H,82,83)(H4,67,68,69);1H/t42-,44-,45+,46-,47-,48+,49-,50-,51-,52-,53-;/m0./s1. The summed E-state index contributed by atoms with van der Waals surface area (Å²) in [5.74, 6) is -10.4. The molecule has 2 aliphatic heterocycles. The number of likely N-dealkylation sites (N-methyl/N-ethyl adjacent to an activating group) is 1. The number of benzene rings is 1. The van der Waals surface area contributed by atoms with E-state index in [1.165, 1.54) is 7.05 Å². The Balaban J connectivity index is 0.0000288. The van der Waals surface area contributed by atoms with Crippen LogP contribution in [0.2, 0.25) is 0 Å². The number of halogens is 1. The number of nitrogens with zero attached hydrogens (tertiary/aromatic N) is 5. The number of unbranched alkanes of at least 4 members (excludes halogenated alkanes) is 4. The number of primary amides is 1. The molecule has 9 amide bonds. The van der Waals surface area contributed by atoms with Crippen molar-refractivity contribution in [3.63, 3.8) is 0 Å². The third-order valence-corrected chi connectivity index (χ3v) is 17.0. The number of carbonyl (C=O) groups excluding carboxylic acids is 10. The number of hydrogen-bond donors (Lipinski definition) is 10. The summed E-state index contributed by atoms with van der Waals surface area (Å²) in [4.78, 5) is 164. The molecule has 0 aromatic heterocycles. The lowest BCUT2D eigenvalue weighted by Crippen LogP contribution is -2.60. The number of hydrogen-bond acceptors (Lipinski definition) is 14. The molecule has 2 heterocycles. The Hall–Kier alpha value is -6.93. The highest BCUT2D eigenvalue weighted by Gasteiger charge is 2.45. The quantitative estimate of drug-likeness (QED) is 0.0256. The molecule has 13 N–H and O–H groups in total. The number of nitrogens with one attached hydrogen (secondary N) is 5. The van der Waals surface area contributed by atoms with Gasteiger partial charge in [0.2, 0.25) is 53.2 Å². The van der Waals surface area contributed by atoms with Gasteiger partial charge in [-0.1, -0.05) is 111 Å². The van der Waals surface area contributed by atoms with Crippen LogP contribution >= 0.6 is 12.4 Å². The molecule has 0 unspecified atom stereocenters. The predicted molar refractivity (Wildman–Crippen MR) is 353 cm³/mol. The number of guanidine groups is 1. The van der Waals surface area contributed by atoms with E-state index in [9.17, 15) is 63.0 Å². The molecule has 1 aromatic carbocycles. The van der Waals surface area contributed by atoms with Gasteiger partial charge in [-0.15, -0.1) is 12.4 Å². The van der Waals surface area contributed by atoms with Crippen LogP contribution < -0.4 is 43.8 Å². The normalized spacial score (nSPS) is 18.2. The first kappa shape index (κ1) is 81.2. The molecule has 11 atom stereocenters. The molecule has 0 spiro atoms. The lowest BCUT2D eigenvalue weighted by Gasteiger charge is -2.35. The number of nitrogens with two attached hydrogens (primary N) is 3. The van der Waals surface area contributed by atoms with Crippen LogP contribution in [0.15, 0.2) is 35.3 Å². The lowest BCUT2D eigenvalue weighted by molar-refractivity contribution is -0.149. The fourth-order valence-corrected chi connectivity index (χ4v) is 11.7. The number of ketones is 1. The Bertz CT molecular complexity index is 2590. The topological polar surface area (TPSA) is 392 Å². The van der Waals surface area contributed by atoms with Crippen molar-refractivity contribution >= 4 is 83.3 Å². The molecule has 0 aliphatic carbocycles. The van der Waals surface area contributed by atoms with Crippen molar-refractivity contribution in [3.05, 3.63) is 35.9 Å². The van der Waals surface area contributed by atoms with E-state index in [4.69, 9.17) is 17.2 Å². The van der Waals surface area contributed by atoms with E-state index in [1.807, 2.05) is 70.1 Å². The van der Waals surface area contributed by atoms with Crippen molar-refractivity contribution in [1.29, 1.82) is 0 Å². The highest BCUT2D eigenvalue weighted by molar-refractivity contribution is 5.99. The van der Waals surface area contributed by atoms with Crippen molar-refractivity contribution in [2.24, 2.45) is 51.8 Å². The fourth-order valence-electron chi connectivity index (χ4n) is 11.7. The molecule has 1 aromatic rings. The van der Waals surface area contributed by atoms with Crippen molar-refractivity contribution < 1.29 is 63.0 Å². The maximum absolute atomic E-state index is 15.0. The van der Waals surface area contributed by atoms with Gasteiger partial charge in [0.25, 0.3) is 0 Å². The Morgan fingerprint density at radius 2 is 1.29 bits per heavy atom. The van der Waals surface area contributed by atoms with Gasteiger partial charge in [-0.05, 0) is 102 Å². The van der Waals surface area contributed by atoms with Gasteiger partial charge in [0.05, 0.1) is 24.5 Å². The molecular formula is C65H110ClN13O13. The first-order valence-corrected chi connectivity index (χ1v) is 32.8. The molecule has 2 aliphatic rings. The minimum Gasteiger partial charge on any atom is -0.481 e. The molecule has 92 heavy (non-hydrogen) atoms.